The Balaban J connectivity index is 1.41. The van der Waals surface area contributed by atoms with Gasteiger partial charge in [-0.3, -0.25) is 19.1 Å². The first-order valence-corrected chi connectivity index (χ1v) is 12.7. The number of likely N-dealkylation sites (tertiary alicyclic amines) is 1. The van der Waals surface area contributed by atoms with E-state index in [0.29, 0.717) is 27.1 Å². The van der Waals surface area contributed by atoms with Crippen molar-refractivity contribution in [3.8, 4) is 11.1 Å². The number of fused-ring (bicyclic) bond motifs is 1. The summed E-state index contributed by atoms with van der Waals surface area (Å²) in [7, 11) is 0. The third kappa shape index (κ3) is 5.18. The van der Waals surface area contributed by atoms with Crippen LogP contribution in [0.2, 0.25) is 0 Å². The van der Waals surface area contributed by atoms with Crippen LogP contribution in [0.4, 0.5) is 5.82 Å². The number of aromatic nitrogens is 5. The van der Waals surface area contributed by atoms with Gasteiger partial charge in [-0.25, -0.2) is 15.0 Å². The van der Waals surface area contributed by atoms with E-state index in [0.717, 1.165) is 11.1 Å². The van der Waals surface area contributed by atoms with Crippen molar-refractivity contribution < 1.29 is 19.5 Å². The van der Waals surface area contributed by atoms with Crippen molar-refractivity contribution in [2.75, 3.05) is 11.9 Å². The van der Waals surface area contributed by atoms with Crippen LogP contribution in [0, 0.1) is 6.92 Å². The lowest BCUT2D eigenvalue weighted by Crippen LogP contribution is -2.44. The number of aryl methyl sites for hydroxylation is 1. The molecule has 1 aliphatic heterocycles. The molecule has 0 saturated carbocycles. The number of amides is 2. The third-order valence-corrected chi connectivity index (χ3v) is 6.79. The molecular weight excluding hydrogens is 554 g/mol. The van der Waals surface area contributed by atoms with Crippen molar-refractivity contribution in [2.24, 2.45) is 0 Å². The maximum atomic E-state index is 13.4. The van der Waals surface area contributed by atoms with Gasteiger partial charge in [0, 0.05) is 43.2 Å². The number of hydrogen-bond acceptors (Lipinski definition) is 8. The minimum absolute atomic E-state index is 0.0131. The van der Waals surface area contributed by atoms with Crippen molar-refractivity contribution in [3.63, 3.8) is 0 Å². The Morgan fingerprint density at radius 3 is 2.61 bits per heavy atom. The molecular formula is C26H24BrN7O4. The SMILES string of the molecule is CC(=O)c1nn(CC(=O)N2C[C@@H](O)C[C@H]2C(=O)Nc2cccc(Br)n2)c2ccc(-c3cnc(C)nc3)cc12. The molecule has 1 aromatic carbocycles. The van der Waals surface area contributed by atoms with E-state index in [2.05, 4.69) is 41.3 Å². The lowest BCUT2D eigenvalue weighted by atomic mass is 10.0. The summed E-state index contributed by atoms with van der Waals surface area (Å²) in [6, 6.07) is 9.69. The van der Waals surface area contributed by atoms with Gasteiger partial charge in [0.2, 0.25) is 11.8 Å². The number of Topliss-reactive ketones (excluding diaryl/α,β-unsaturated/α-hetero) is 1. The Morgan fingerprint density at radius 2 is 1.89 bits per heavy atom. The largest absolute Gasteiger partial charge is 0.391 e. The van der Waals surface area contributed by atoms with E-state index < -0.39 is 24.0 Å². The number of carbonyl (C=O) groups is 3. The number of aliphatic hydroxyl groups is 1. The molecule has 38 heavy (non-hydrogen) atoms. The van der Waals surface area contributed by atoms with Crippen LogP contribution in [0.15, 0.2) is 53.4 Å². The predicted molar refractivity (Wildman–Crippen MR) is 142 cm³/mol. The van der Waals surface area contributed by atoms with Crippen LogP contribution >= 0.6 is 15.9 Å². The number of anilines is 1. The minimum Gasteiger partial charge on any atom is -0.391 e. The maximum Gasteiger partial charge on any atom is 0.248 e. The fraction of sp³-hybridized carbons (Fsp3) is 0.269. The van der Waals surface area contributed by atoms with Gasteiger partial charge >= 0.3 is 0 Å². The molecule has 0 aliphatic carbocycles. The summed E-state index contributed by atoms with van der Waals surface area (Å²) >= 11 is 3.26. The molecule has 1 saturated heterocycles. The molecule has 11 nitrogen and oxygen atoms in total. The van der Waals surface area contributed by atoms with E-state index in [1.165, 1.54) is 16.5 Å². The Kier molecular flexibility index (Phi) is 7.00. The van der Waals surface area contributed by atoms with Gasteiger partial charge in [0.25, 0.3) is 0 Å². The fourth-order valence-electron chi connectivity index (χ4n) is 4.53. The molecule has 194 valence electrons. The summed E-state index contributed by atoms with van der Waals surface area (Å²) in [6.07, 6.45) is 2.68. The number of nitrogens with zero attached hydrogens (tertiary/aromatic N) is 6. The molecule has 2 amide bonds. The summed E-state index contributed by atoms with van der Waals surface area (Å²) < 4.78 is 2.01. The molecule has 12 heteroatoms. The number of β-amino-alcohol motifs (C(OH)–C–C–N with tert-alkyl or cyclic N) is 1. The highest BCUT2D eigenvalue weighted by atomic mass is 79.9. The Morgan fingerprint density at radius 1 is 1.13 bits per heavy atom. The number of hydrogen-bond donors (Lipinski definition) is 2. The second-order valence-electron chi connectivity index (χ2n) is 9.10. The van der Waals surface area contributed by atoms with Gasteiger partial charge in [0.05, 0.1) is 11.6 Å². The average molecular weight is 578 g/mol. The Hall–Kier alpha value is -4.03. The summed E-state index contributed by atoms with van der Waals surface area (Å²) in [6.45, 7) is 3.03. The number of carbonyl (C=O) groups excluding carboxylic acids is 3. The first-order chi connectivity index (χ1) is 18.2. The van der Waals surface area contributed by atoms with Gasteiger partial charge in [-0.05, 0) is 52.7 Å². The van der Waals surface area contributed by atoms with Crippen molar-refractivity contribution >= 4 is 50.2 Å². The molecule has 2 atom stereocenters. The fourth-order valence-corrected chi connectivity index (χ4v) is 4.87. The van der Waals surface area contributed by atoms with Gasteiger partial charge in [-0.15, -0.1) is 0 Å². The smallest absolute Gasteiger partial charge is 0.248 e. The lowest BCUT2D eigenvalue weighted by molar-refractivity contribution is -0.137. The quantitative estimate of drug-likeness (QED) is 0.263. The average Bonchev–Trinajstić information content (AvgIpc) is 3.45. The van der Waals surface area contributed by atoms with E-state index in [9.17, 15) is 19.5 Å². The van der Waals surface area contributed by atoms with Gasteiger partial charge < -0.3 is 15.3 Å². The lowest BCUT2D eigenvalue weighted by Gasteiger charge is -2.23. The topological polar surface area (TPSA) is 143 Å². The van der Waals surface area contributed by atoms with Gasteiger partial charge in [0.15, 0.2) is 5.78 Å². The number of nitrogens with one attached hydrogen (secondary N) is 1. The number of rotatable bonds is 6. The molecule has 5 rings (SSSR count). The summed E-state index contributed by atoms with van der Waals surface area (Å²) in [5.41, 5.74) is 2.43. The van der Waals surface area contributed by atoms with E-state index in [-0.39, 0.29) is 31.0 Å². The molecule has 0 spiro atoms. The number of benzene rings is 1. The first-order valence-electron chi connectivity index (χ1n) is 11.9. The third-order valence-electron chi connectivity index (χ3n) is 6.35. The van der Waals surface area contributed by atoms with Crippen molar-refractivity contribution in [1.29, 1.82) is 0 Å². The van der Waals surface area contributed by atoms with Crippen molar-refractivity contribution in [2.45, 2.75) is 39.0 Å². The maximum absolute atomic E-state index is 13.4. The molecule has 2 N–H and O–H groups in total. The van der Waals surface area contributed by atoms with E-state index in [4.69, 9.17) is 0 Å². The van der Waals surface area contributed by atoms with E-state index >= 15 is 0 Å². The molecule has 0 unspecified atom stereocenters. The van der Waals surface area contributed by atoms with Crippen LogP contribution in [0.5, 0.6) is 0 Å². The van der Waals surface area contributed by atoms with Crippen LogP contribution in [-0.4, -0.2) is 71.0 Å². The summed E-state index contributed by atoms with van der Waals surface area (Å²) in [5, 5.41) is 18.0. The molecule has 4 aromatic rings. The first kappa shape index (κ1) is 25.6. The van der Waals surface area contributed by atoms with Gasteiger partial charge in [0.1, 0.15) is 34.5 Å². The second kappa shape index (κ2) is 10.4. The predicted octanol–water partition coefficient (Wildman–Crippen LogP) is 2.76. The number of halogens is 1. The summed E-state index contributed by atoms with van der Waals surface area (Å²) in [4.78, 5) is 52.8. The number of pyridine rings is 1. The van der Waals surface area contributed by atoms with Crippen LogP contribution < -0.4 is 5.32 Å². The standard InChI is InChI=1S/C26H24BrN7O4/c1-14(35)25-19-8-16(17-10-28-15(2)29-11-17)6-7-20(19)34(32-25)13-24(37)33-12-18(36)9-21(33)26(38)31-23-5-3-4-22(27)30-23/h3-8,10-11,18,21,36H,9,12-13H2,1-2H3,(H,30,31,38)/t18-,21-/m0/s1. The highest BCUT2D eigenvalue weighted by molar-refractivity contribution is 9.10. The molecule has 0 bridgehead atoms. The zero-order chi connectivity index (χ0) is 27.0. The second-order valence-corrected chi connectivity index (χ2v) is 9.91. The summed E-state index contributed by atoms with van der Waals surface area (Å²) in [5.74, 6) is -0.108. The van der Waals surface area contributed by atoms with Crippen LogP contribution in [0.1, 0.15) is 29.7 Å². The van der Waals surface area contributed by atoms with Gasteiger partial charge in [-0.1, -0.05) is 12.1 Å². The highest BCUT2D eigenvalue weighted by Crippen LogP contribution is 2.27. The van der Waals surface area contributed by atoms with Crippen LogP contribution in [0.3, 0.4) is 0 Å². The van der Waals surface area contributed by atoms with Crippen LogP contribution in [0.25, 0.3) is 22.0 Å². The van der Waals surface area contributed by atoms with E-state index in [1.807, 2.05) is 12.1 Å². The Bertz CT molecular complexity index is 1550. The number of aliphatic hydroxyl groups excluding tert-OH is 1. The zero-order valence-corrected chi connectivity index (χ0v) is 22.2. The highest BCUT2D eigenvalue weighted by Gasteiger charge is 2.39. The van der Waals surface area contributed by atoms with Crippen molar-refractivity contribution in [1.82, 2.24) is 29.6 Å². The minimum atomic E-state index is -0.875. The number of ketones is 1. The molecule has 4 heterocycles. The Labute approximate surface area is 226 Å². The molecule has 3 aromatic heterocycles. The monoisotopic (exact) mass is 577 g/mol. The normalized spacial score (nSPS) is 17.1. The van der Waals surface area contributed by atoms with Crippen molar-refractivity contribution in [3.05, 3.63) is 64.9 Å². The van der Waals surface area contributed by atoms with Gasteiger partial charge in [-0.2, -0.15) is 5.10 Å². The molecule has 1 aliphatic rings. The molecule has 1 fully saturated rings. The zero-order valence-electron chi connectivity index (χ0n) is 20.6. The van der Waals surface area contributed by atoms with Crippen LogP contribution in [-0.2, 0) is 16.1 Å². The van der Waals surface area contributed by atoms with E-state index in [1.54, 1.807) is 43.6 Å². The molecule has 0 radical (unpaired) electrons.